The second-order valence-corrected chi connectivity index (χ2v) is 4.40. The fraction of sp³-hybridized carbons (Fsp3) is 0.188. The zero-order chi connectivity index (χ0) is 15.3. The first-order valence-electron chi connectivity index (χ1n) is 6.26. The minimum absolute atomic E-state index is 0.116. The molecule has 0 heterocycles. The second kappa shape index (κ2) is 6.31. The summed E-state index contributed by atoms with van der Waals surface area (Å²) in [6.45, 7) is 0. The monoisotopic (exact) mass is 291 g/mol. The van der Waals surface area contributed by atoms with E-state index in [1.165, 1.54) is 12.1 Å². The molecule has 0 aliphatic carbocycles. The van der Waals surface area contributed by atoms with Gasteiger partial charge in [0.1, 0.15) is 11.9 Å². The van der Waals surface area contributed by atoms with Crippen molar-refractivity contribution in [3.05, 3.63) is 65.7 Å². The number of alkyl halides is 3. The lowest BCUT2D eigenvalue weighted by molar-refractivity contribution is -0.137. The molecule has 0 N–H and O–H groups in total. The van der Waals surface area contributed by atoms with Crippen LogP contribution in [0.15, 0.2) is 54.6 Å². The molecule has 1 atom stereocenters. The lowest BCUT2D eigenvalue weighted by Gasteiger charge is -2.17. The van der Waals surface area contributed by atoms with Crippen molar-refractivity contribution in [3.8, 4) is 11.8 Å². The van der Waals surface area contributed by atoms with E-state index in [4.69, 9.17) is 10.00 Å². The second-order valence-electron chi connectivity index (χ2n) is 4.40. The van der Waals surface area contributed by atoms with E-state index in [1.54, 1.807) is 0 Å². The minimum atomic E-state index is -4.37. The smallest absolute Gasteiger partial charge is 0.416 e. The topological polar surface area (TPSA) is 33.0 Å². The average Bonchev–Trinajstić information content (AvgIpc) is 2.47. The van der Waals surface area contributed by atoms with Crippen molar-refractivity contribution >= 4 is 0 Å². The number of nitrogens with zero attached hydrogens (tertiary/aromatic N) is 1. The average molecular weight is 291 g/mol. The van der Waals surface area contributed by atoms with Crippen LogP contribution in [0.3, 0.4) is 0 Å². The summed E-state index contributed by atoms with van der Waals surface area (Å²) in [6, 6.07) is 15.6. The molecular formula is C16H12F3NO. The maximum absolute atomic E-state index is 12.5. The van der Waals surface area contributed by atoms with E-state index in [2.05, 4.69) is 0 Å². The molecule has 2 aromatic rings. The molecule has 0 saturated carbocycles. The molecule has 0 unspecified atom stereocenters. The Kier molecular flexibility index (Phi) is 4.49. The molecule has 0 saturated heterocycles. The molecule has 2 rings (SSSR count). The van der Waals surface area contributed by atoms with Crippen molar-refractivity contribution in [1.82, 2.24) is 0 Å². The standard InChI is InChI=1S/C16H12F3NO/c17-16(18,19)13-6-8-14(9-7-13)21-15(10-11-20)12-4-2-1-3-5-12/h1-9,15H,10H2/t15-/m0/s1. The Morgan fingerprint density at radius 2 is 1.62 bits per heavy atom. The van der Waals surface area contributed by atoms with Crippen molar-refractivity contribution in [3.63, 3.8) is 0 Å². The normalized spacial score (nSPS) is 12.5. The van der Waals surface area contributed by atoms with E-state index >= 15 is 0 Å². The van der Waals surface area contributed by atoms with E-state index in [0.717, 1.165) is 17.7 Å². The van der Waals surface area contributed by atoms with Crippen molar-refractivity contribution in [2.24, 2.45) is 0 Å². The van der Waals surface area contributed by atoms with Gasteiger partial charge >= 0.3 is 6.18 Å². The zero-order valence-corrected chi connectivity index (χ0v) is 11.0. The molecular weight excluding hydrogens is 279 g/mol. The highest BCUT2D eigenvalue weighted by atomic mass is 19.4. The van der Waals surface area contributed by atoms with Crippen LogP contribution in [0.2, 0.25) is 0 Å². The van der Waals surface area contributed by atoms with Gasteiger partial charge in [0.2, 0.25) is 0 Å². The van der Waals surface area contributed by atoms with Gasteiger partial charge in [-0.05, 0) is 29.8 Å². The third-order valence-electron chi connectivity index (χ3n) is 2.91. The molecule has 0 spiro atoms. The highest BCUT2D eigenvalue weighted by Crippen LogP contribution is 2.31. The fourth-order valence-corrected chi connectivity index (χ4v) is 1.86. The molecule has 108 valence electrons. The lowest BCUT2D eigenvalue weighted by atomic mass is 10.1. The van der Waals surface area contributed by atoms with Gasteiger partial charge in [-0.1, -0.05) is 30.3 Å². The summed E-state index contributed by atoms with van der Waals surface area (Å²) in [7, 11) is 0. The van der Waals surface area contributed by atoms with Crippen molar-refractivity contribution in [1.29, 1.82) is 5.26 Å². The number of halogens is 3. The van der Waals surface area contributed by atoms with Crippen LogP contribution >= 0.6 is 0 Å². The van der Waals surface area contributed by atoms with Gasteiger partial charge in [0.15, 0.2) is 0 Å². The molecule has 0 aliphatic heterocycles. The quantitative estimate of drug-likeness (QED) is 0.815. The van der Waals surface area contributed by atoms with Crippen LogP contribution in [0.5, 0.6) is 5.75 Å². The number of hydrogen-bond donors (Lipinski definition) is 0. The predicted octanol–water partition coefficient (Wildman–Crippen LogP) is 4.74. The molecule has 0 fully saturated rings. The molecule has 0 aliphatic rings. The van der Waals surface area contributed by atoms with E-state index in [0.29, 0.717) is 5.75 Å². The van der Waals surface area contributed by atoms with Gasteiger partial charge in [0, 0.05) is 0 Å². The third-order valence-corrected chi connectivity index (χ3v) is 2.91. The van der Waals surface area contributed by atoms with Gasteiger partial charge < -0.3 is 4.74 Å². The first-order chi connectivity index (χ1) is 10.0. The Morgan fingerprint density at radius 1 is 1.00 bits per heavy atom. The van der Waals surface area contributed by atoms with Crippen LogP contribution < -0.4 is 4.74 Å². The first kappa shape index (κ1) is 14.9. The van der Waals surface area contributed by atoms with Crippen LogP contribution in [0.1, 0.15) is 23.7 Å². The number of hydrogen-bond acceptors (Lipinski definition) is 2. The van der Waals surface area contributed by atoms with Crippen molar-refractivity contribution in [2.75, 3.05) is 0 Å². The van der Waals surface area contributed by atoms with E-state index < -0.39 is 17.8 Å². The Bertz CT molecular complexity index is 615. The van der Waals surface area contributed by atoms with Gasteiger partial charge in [0.25, 0.3) is 0 Å². The van der Waals surface area contributed by atoms with E-state index in [-0.39, 0.29) is 6.42 Å². The third kappa shape index (κ3) is 3.99. The molecule has 0 amide bonds. The zero-order valence-electron chi connectivity index (χ0n) is 11.0. The molecule has 21 heavy (non-hydrogen) atoms. The summed E-state index contributed by atoms with van der Waals surface area (Å²) in [5.74, 6) is 0.298. The Balaban J connectivity index is 2.16. The molecule has 2 aromatic carbocycles. The van der Waals surface area contributed by atoms with Crippen molar-refractivity contribution < 1.29 is 17.9 Å². The highest BCUT2D eigenvalue weighted by molar-refractivity contribution is 5.30. The number of benzene rings is 2. The van der Waals surface area contributed by atoms with Crippen LogP contribution in [0.4, 0.5) is 13.2 Å². The van der Waals surface area contributed by atoms with Gasteiger partial charge in [-0.15, -0.1) is 0 Å². The van der Waals surface area contributed by atoms with Crippen LogP contribution in [0.25, 0.3) is 0 Å². The largest absolute Gasteiger partial charge is 0.485 e. The van der Waals surface area contributed by atoms with Gasteiger partial charge in [-0.2, -0.15) is 18.4 Å². The molecule has 0 radical (unpaired) electrons. The molecule has 2 nitrogen and oxygen atoms in total. The Labute approximate surface area is 120 Å². The fourth-order valence-electron chi connectivity index (χ4n) is 1.86. The Morgan fingerprint density at radius 3 is 2.14 bits per heavy atom. The summed E-state index contributed by atoms with van der Waals surface area (Å²) < 4.78 is 43.1. The van der Waals surface area contributed by atoms with Gasteiger partial charge in [-0.25, -0.2) is 0 Å². The highest BCUT2D eigenvalue weighted by Gasteiger charge is 2.30. The maximum atomic E-state index is 12.5. The lowest BCUT2D eigenvalue weighted by Crippen LogP contribution is -2.08. The SMILES string of the molecule is N#CC[C@H](Oc1ccc(C(F)(F)F)cc1)c1ccccc1. The first-order valence-corrected chi connectivity index (χ1v) is 6.26. The minimum Gasteiger partial charge on any atom is -0.485 e. The van der Waals surface area contributed by atoms with Gasteiger partial charge in [0.05, 0.1) is 18.1 Å². The Hall–Kier alpha value is -2.48. The molecule has 5 heteroatoms. The summed E-state index contributed by atoms with van der Waals surface area (Å²) in [4.78, 5) is 0. The summed E-state index contributed by atoms with van der Waals surface area (Å²) in [6.07, 6.45) is -4.76. The van der Waals surface area contributed by atoms with Crippen LogP contribution in [-0.4, -0.2) is 0 Å². The van der Waals surface area contributed by atoms with Crippen LogP contribution in [0, 0.1) is 11.3 Å². The van der Waals surface area contributed by atoms with E-state index in [1.807, 2.05) is 36.4 Å². The summed E-state index contributed by atoms with van der Waals surface area (Å²) in [5, 5.41) is 8.85. The van der Waals surface area contributed by atoms with Crippen molar-refractivity contribution in [2.45, 2.75) is 18.7 Å². The van der Waals surface area contributed by atoms with Gasteiger partial charge in [-0.3, -0.25) is 0 Å². The molecule has 0 bridgehead atoms. The summed E-state index contributed by atoms with van der Waals surface area (Å²) >= 11 is 0. The summed E-state index contributed by atoms with van der Waals surface area (Å²) in [5.41, 5.74) is 0.0744. The van der Waals surface area contributed by atoms with Crippen LogP contribution in [-0.2, 0) is 6.18 Å². The molecule has 0 aromatic heterocycles. The predicted molar refractivity (Wildman–Crippen MR) is 71.5 cm³/mol. The number of rotatable bonds is 4. The number of ether oxygens (including phenoxy) is 1. The number of nitriles is 1. The van der Waals surface area contributed by atoms with E-state index in [9.17, 15) is 13.2 Å². The maximum Gasteiger partial charge on any atom is 0.416 e.